The highest BCUT2D eigenvalue weighted by atomic mass is 19.4. The summed E-state index contributed by atoms with van der Waals surface area (Å²) in [5.74, 6) is -0.939. The van der Waals surface area contributed by atoms with Gasteiger partial charge in [0.25, 0.3) is 5.91 Å². The third-order valence-corrected chi connectivity index (χ3v) is 4.90. The van der Waals surface area contributed by atoms with Crippen molar-refractivity contribution in [2.24, 2.45) is 0 Å². The van der Waals surface area contributed by atoms with E-state index in [1.54, 1.807) is 6.07 Å². The van der Waals surface area contributed by atoms with Crippen LogP contribution in [0.15, 0.2) is 48.5 Å². The maximum atomic E-state index is 13.3. The SMILES string of the molecule is CC(C)c1nn(-c2ccc(F)cc2)c2c1C(c1cccc(C(F)(F)F)c1)NC2=O. The monoisotopic (exact) mass is 403 g/mol. The summed E-state index contributed by atoms with van der Waals surface area (Å²) in [6.07, 6.45) is -4.49. The zero-order chi connectivity index (χ0) is 20.9. The van der Waals surface area contributed by atoms with Crippen molar-refractivity contribution < 1.29 is 22.4 Å². The normalized spacial score (nSPS) is 16.2. The number of benzene rings is 2. The molecule has 1 aromatic heterocycles. The van der Waals surface area contributed by atoms with Crippen LogP contribution in [0.2, 0.25) is 0 Å². The molecule has 8 heteroatoms. The maximum Gasteiger partial charge on any atom is 0.416 e. The molecule has 1 N–H and O–H groups in total. The van der Waals surface area contributed by atoms with Crippen LogP contribution in [0, 0.1) is 5.82 Å². The first-order valence-electron chi connectivity index (χ1n) is 9.03. The van der Waals surface area contributed by atoms with Crippen molar-refractivity contribution in [3.63, 3.8) is 0 Å². The summed E-state index contributed by atoms with van der Waals surface area (Å²) in [6.45, 7) is 3.78. The fraction of sp³-hybridized carbons (Fsp3) is 0.238. The first kappa shape index (κ1) is 19.2. The Morgan fingerprint density at radius 2 is 1.79 bits per heavy atom. The minimum Gasteiger partial charge on any atom is -0.340 e. The van der Waals surface area contributed by atoms with E-state index in [9.17, 15) is 22.4 Å². The van der Waals surface area contributed by atoms with Gasteiger partial charge < -0.3 is 5.32 Å². The van der Waals surface area contributed by atoms with E-state index in [2.05, 4.69) is 10.4 Å². The Labute approximate surface area is 164 Å². The number of hydrogen-bond donors (Lipinski definition) is 1. The van der Waals surface area contributed by atoms with Crippen molar-refractivity contribution in [1.82, 2.24) is 15.1 Å². The van der Waals surface area contributed by atoms with Crippen LogP contribution in [0.3, 0.4) is 0 Å². The van der Waals surface area contributed by atoms with Crippen LogP contribution in [0.4, 0.5) is 17.6 Å². The van der Waals surface area contributed by atoms with Crippen molar-refractivity contribution in [1.29, 1.82) is 0 Å². The second kappa shape index (κ2) is 6.72. The molecule has 1 aliphatic rings. The van der Waals surface area contributed by atoms with Gasteiger partial charge in [-0.2, -0.15) is 18.3 Å². The molecule has 0 radical (unpaired) electrons. The maximum absolute atomic E-state index is 13.3. The number of rotatable bonds is 3. The fourth-order valence-corrected chi connectivity index (χ4v) is 3.56. The lowest BCUT2D eigenvalue weighted by molar-refractivity contribution is -0.137. The van der Waals surface area contributed by atoms with Crippen molar-refractivity contribution in [3.05, 3.63) is 82.4 Å². The van der Waals surface area contributed by atoms with Gasteiger partial charge in [0, 0.05) is 5.56 Å². The van der Waals surface area contributed by atoms with Gasteiger partial charge in [0.15, 0.2) is 0 Å². The Hall–Kier alpha value is -3.16. The molecule has 29 heavy (non-hydrogen) atoms. The van der Waals surface area contributed by atoms with E-state index in [1.807, 2.05) is 13.8 Å². The van der Waals surface area contributed by atoms with E-state index in [0.717, 1.165) is 12.1 Å². The molecular weight excluding hydrogens is 386 g/mol. The van der Waals surface area contributed by atoms with Gasteiger partial charge in [-0.15, -0.1) is 0 Å². The van der Waals surface area contributed by atoms with E-state index in [-0.39, 0.29) is 11.6 Å². The summed E-state index contributed by atoms with van der Waals surface area (Å²) in [6, 6.07) is 9.68. The second-order valence-corrected chi connectivity index (χ2v) is 7.22. The van der Waals surface area contributed by atoms with E-state index in [1.165, 1.54) is 35.0 Å². The number of hydrogen-bond acceptors (Lipinski definition) is 2. The predicted molar refractivity (Wildman–Crippen MR) is 98.4 cm³/mol. The molecule has 0 saturated carbocycles. The minimum atomic E-state index is -4.49. The third-order valence-electron chi connectivity index (χ3n) is 4.90. The molecule has 0 bridgehead atoms. The minimum absolute atomic E-state index is 0.0774. The Morgan fingerprint density at radius 3 is 2.41 bits per heavy atom. The first-order chi connectivity index (χ1) is 13.7. The zero-order valence-electron chi connectivity index (χ0n) is 15.6. The molecule has 4 nitrogen and oxygen atoms in total. The van der Waals surface area contributed by atoms with Gasteiger partial charge in [0.05, 0.1) is 23.0 Å². The van der Waals surface area contributed by atoms with Gasteiger partial charge in [-0.3, -0.25) is 4.79 Å². The van der Waals surface area contributed by atoms with E-state index < -0.39 is 29.5 Å². The number of nitrogens with zero attached hydrogens (tertiary/aromatic N) is 2. The van der Waals surface area contributed by atoms with E-state index >= 15 is 0 Å². The molecule has 0 saturated heterocycles. The lowest BCUT2D eigenvalue weighted by Gasteiger charge is -2.16. The highest BCUT2D eigenvalue weighted by Crippen LogP contribution is 2.39. The predicted octanol–water partition coefficient (Wildman–Crippen LogP) is 4.99. The number of alkyl halides is 3. The molecule has 150 valence electrons. The van der Waals surface area contributed by atoms with Crippen molar-refractivity contribution in [2.75, 3.05) is 0 Å². The summed E-state index contributed by atoms with van der Waals surface area (Å²) in [5, 5.41) is 7.31. The largest absolute Gasteiger partial charge is 0.416 e. The van der Waals surface area contributed by atoms with E-state index in [0.29, 0.717) is 22.5 Å². The molecule has 4 rings (SSSR count). The van der Waals surface area contributed by atoms with Gasteiger partial charge >= 0.3 is 6.18 Å². The lowest BCUT2D eigenvalue weighted by atomic mass is 9.94. The van der Waals surface area contributed by atoms with Crippen LogP contribution in [-0.4, -0.2) is 15.7 Å². The van der Waals surface area contributed by atoms with Crippen molar-refractivity contribution >= 4 is 5.91 Å². The van der Waals surface area contributed by atoms with E-state index in [4.69, 9.17) is 0 Å². The average Bonchev–Trinajstić information content (AvgIpc) is 3.21. The molecule has 1 amide bonds. The Kier molecular flexibility index (Phi) is 4.44. The van der Waals surface area contributed by atoms with Gasteiger partial charge in [-0.25, -0.2) is 9.07 Å². The summed E-state index contributed by atoms with van der Waals surface area (Å²) in [5.41, 5.74) is 1.44. The quantitative estimate of drug-likeness (QED) is 0.627. The van der Waals surface area contributed by atoms with Crippen LogP contribution in [0.5, 0.6) is 0 Å². The fourth-order valence-electron chi connectivity index (χ4n) is 3.56. The Balaban J connectivity index is 1.88. The van der Waals surface area contributed by atoms with Crippen molar-refractivity contribution in [2.45, 2.75) is 32.0 Å². The Bertz CT molecular complexity index is 1080. The number of carbonyl (C=O) groups excluding carboxylic acids is 1. The standard InChI is InChI=1S/C21H17F4N3O/c1-11(2)17-16-18(12-4-3-5-13(10-12)21(23,24)25)26-20(29)19(16)28(27-17)15-8-6-14(22)7-9-15/h3-11,18H,1-2H3,(H,26,29). The lowest BCUT2D eigenvalue weighted by Crippen LogP contribution is -2.23. The van der Waals surface area contributed by atoms with Crippen molar-refractivity contribution in [3.8, 4) is 5.69 Å². The first-order valence-corrected chi connectivity index (χ1v) is 9.03. The molecule has 0 spiro atoms. The summed E-state index contributed by atoms with van der Waals surface area (Å²) < 4.78 is 54.2. The molecule has 1 unspecified atom stereocenters. The van der Waals surface area contributed by atoms with Gasteiger partial charge in [-0.1, -0.05) is 26.0 Å². The molecule has 1 atom stereocenters. The molecule has 2 aromatic carbocycles. The molecule has 3 aromatic rings. The number of nitrogens with one attached hydrogen (secondary N) is 1. The third kappa shape index (κ3) is 3.28. The van der Waals surface area contributed by atoms with Crippen LogP contribution in [0.25, 0.3) is 5.69 Å². The average molecular weight is 403 g/mol. The number of carbonyl (C=O) groups is 1. The summed E-state index contributed by atoms with van der Waals surface area (Å²) >= 11 is 0. The topological polar surface area (TPSA) is 46.9 Å². The number of amides is 1. The van der Waals surface area contributed by atoms with Crippen LogP contribution in [0.1, 0.15) is 58.7 Å². The van der Waals surface area contributed by atoms with Crippen LogP contribution < -0.4 is 5.32 Å². The highest BCUT2D eigenvalue weighted by Gasteiger charge is 2.39. The summed E-state index contributed by atoms with van der Waals surface area (Å²) in [4.78, 5) is 12.8. The molecule has 0 aliphatic carbocycles. The Morgan fingerprint density at radius 1 is 1.10 bits per heavy atom. The molecule has 2 heterocycles. The number of aromatic nitrogens is 2. The van der Waals surface area contributed by atoms with Crippen LogP contribution in [-0.2, 0) is 6.18 Å². The van der Waals surface area contributed by atoms with Gasteiger partial charge in [0.2, 0.25) is 0 Å². The highest BCUT2D eigenvalue weighted by molar-refractivity contribution is 5.99. The molecule has 1 aliphatic heterocycles. The zero-order valence-corrected chi connectivity index (χ0v) is 15.6. The number of halogens is 4. The van der Waals surface area contributed by atoms with Gasteiger partial charge in [-0.05, 0) is 47.9 Å². The molecule has 0 fully saturated rings. The number of fused-ring (bicyclic) bond motifs is 1. The second-order valence-electron chi connectivity index (χ2n) is 7.22. The van der Waals surface area contributed by atoms with Crippen LogP contribution >= 0.6 is 0 Å². The summed E-state index contributed by atoms with van der Waals surface area (Å²) in [7, 11) is 0. The molecular formula is C21H17F4N3O. The van der Waals surface area contributed by atoms with Gasteiger partial charge in [0.1, 0.15) is 11.5 Å². The smallest absolute Gasteiger partial charge is 0.340 e.